The van der Waals surface area contributed by atoms with E-state index in [0.29, 0.717) is 24.7 Å². The molecule has 0 saturated heterocycles. The van der Waals surface area contributed by atoms with Gasteiger partial charge in [-0.3, -0.25) is 9.69 Å². The fraction of sp³-hybridized carbons (Fsp3) is 0.562. The molecule has 4 nitrogen and oxygen atoms in total. The van der Waals surface area contributed by atoms with Gasteiger partial charge in [0, 0.05) is 18.1 Å². The molecule has 0 aliphatic carbocycles. The molecule has 1 atom stereocenters. The van der Waals surface area contributed by atoms with Crippen molar-refractivity contribution < 1.29 is 9.90 Å². The van der Waals surface area contributed by atoms with Crippen molar-refractivity contribution in [3.8, 4) is 0 Å². The first-order valence-corrected chi connectivity index (χ1v) is 7.59. The predicted octanol–water partition coefficient (Wildman–Crippen LogP) is 2.44. The van der Waals surface area contributed by atoms with Crippen molar-refractivity contribution in [2.24, 2.45) is 0 Å². The van der Waals surface area contributed by atoms with Gasteiger partial charge >= 0.3 is 0 Å². The Labute approximate surface area is 132 Å². The molecule has 0 aromatic heterocycles. The van der Waals surface area contributed by atoms with E-state index in [0.717, 1.165) is 5.56 Å². The van der Waals surface area contributed by atoms with Crippen LogP contribution in [0, 0.1) is 0 Å². The molecule has 0 bridgehead atoms. The molecule has 1 aromatic carbocycles. The second kappa shape index (κ2) is 7.78. The van der Waals surface area contributed by atoms with Gasteiger partial charge in [0.05, 0.1) is 11.6 Å². The fourth-order valence-electron chi connectivity index (χ4n) is 2.12. The van der Waals surface area contributed by atoms with Crippen LogP contribution in [0.2, 0.25) is 5.02 Å². The van der Waals surface area contributed by atoms with Gasteiger partial charge in [0.15, 0.2) is 0 Å². The summed E-state index contributed by atoms with van der Waals surface area (Å²) < 4.78 is 0. The van der Waals surface area contributed by atoms with Gasteiger partial charge in [0.1, 0.15) is 0 Å². The van der Waals surface area contributed by atoms with E-state index in [9.17, 15) is 9.90 Å². The lowest BCUT2D eigenvalue weighted by molar-refractivity contribution is -0.127. The summed E-state index contributed by atoms with van der Waals surface area (Å²) in [6, 6.07) is 7.11. The monoisotopic (exact) mass is 312 g/mol. The number of hydrogen-bond acceptors (Lipinski definition) is 3. The first kappa shape index (κ1) is 18.0. The van der Waals surface area contributed by atoms with Gasteiger partial charge in [0.25, 0.3) is 0 Å². The number of nitrogens with one attached hydrogen (secondary N) is 1. The molecular formula is C16H25ClN2O2. The minimum atomic E-state index is -0.819. The van der Waals surface area contributed by atoms with Gasteiger partial charge < -0.3 is 10.4 Å². The third-order valence-electron chi connectivity index (χ3n) is 3.30. The number of amides is 1. The van der Waals surface area contributed by atoms with Gasteiger partial charge in [-0.25, -0.2) is 0 Å². The van der Waals surface area contributed by atoms with E-state index >= 15 is 0 Å². The first-order chi connectivity index (χ1) is 9.73. The topological polar surface area (TPSA) is 52.6 Å². The van der Waals surface area contributed by atoms with E-state index in [1.807, 2.05) is 30.9 Å². The van der Waals surface area contributed by atoms with Crippen LogP contribution in [0.4, 0.5) is 0 Å². The first-order valence-electron chi connectivity index (χ1n) is 7.21. The highest BCUT2D eigenvalue weighted by Gasteiger charge is 2.25. The Balaban J connectivity index is 2.54. The highest BCUT2D eigenvalue weighted by molar-refractivity contribution is 6.30. The standard InChI is InChI=1S/C16H25ClN2O2/c1-5-19(11-16(3,4)21)12(2)15(20)18-10-13-6-8-14(17)9-7-13/h6-9,12,21H,5,10-11H2,1-4H3,(H,18,20). The largest absolute Gasteiger partial charge is 0.389 e. The molecule has 2 N–H and O–H groups in total. The minimum absolute atomic E-state index is 0.0453. The Bertz CT molecular complexity index is 454. The summed E-state index contributed by atoms with van der Waals surface area (Å²) in [6.07, 6.45) is 0. The van der Waals surface area contributed by atoms with Crippen LogP contribution in [0.3, 0.4) is 0 Å². The number of benzene rings is 1. The van der Waals surface area contributed by atoms with Crippen LogP contribution in [-0.4, -0.2) is 40.6 Å². The zero-order chi connectivity index (χ0) is 16.0. The average molecular weight is 313 g/mol. The van der Waals surface area contributed by atoms with Crippen molar-refractivity contribution in [3.05, 3.63) is 34.9 Å². The number of likely N-dealkylation sites (N-methyl/N-ethyl adjacent to an activating group) is 1. The van der Waals surface area contributed by atoms with Crippen LogP contribution in [0.1, 0.15) is 33.3 Å². The van der Waals surface area contributed by atoms with Crippen LogP contribution >= 0.6 is 11.6 Å². The number of aliphatic hydroxyl groups is 1. The van der Waals surface area contributed by atoms with Crippen LogP contribution < -0.4 is 5.32 Å². The number of nitrogens with zero attached hydrogens (tertiary/aromatic N) is 1. The zero-order valence-corrected chi connectivity index (χ0v) is 13.9. The van der Waals surface area contributed by atoms with Crippen molar-refractivity contribution in [1.82, 2.24) is 10.2 Å². The van der Waals surface area contributed by atoms with Gasteiger partial charge in [0.2, 0.25) is 5.91 Å². The third-order valence-corrected chi connectivity index (χ3v) is 3.56. The van der Waals surface area contributed by atoms with E-state index in [1.54, 1.807) is 26.0 Å². The molecule has 0 saturated carbocycles. The molecule has 0 aliphatic rings. The summed E-state index contributed by atoms with van der Waals surface area (Å²) >= 11 is 5.83. The molecule has 0 aliphatic heterocycles. The van der Waals surface area contributed by atoms with E-state index in [-0.39, 0.29) is 11.9 Å². The zero-order valence-electron chi connectivity index (χ0n) is 13.2. The van der Waals surface area contributed by atoms with Gasteiger partial charge in [-0.1, -0.05) is 30.7 Å². The average Bonchev–Trinajstić information content (AvgIpc) is 2.42. The van der Waals surface area contributed by atoms with Crippen molar-refractivity contribution in [2.45, 2.75) is 45.9 Å². The quantitative estimate of drug-likeness (QED) is 0.813. The van der Waals surface area contributed by atoms with Gasteiger partial charge in [-0.2, -0.15) is 0 Å². The van der Waals surface area contributed by atoms with Gasteiger partial charge in [-0.15, -0.1) is 0 Å². The fourth-order valence-corrected chi connectivity index (χ4v) is 2.25. The summed E-state index contributed by atoms with van der Waals surface area (Å²) in [5, 5.41) is 13.5. The van der Waals surface area contributed by atoms with Crippen molar-refractivity contribution in [1.29, 1.82) is 0 Å². The lowest BCUT2D eigenvalue weighted by atomic mass is 10.1. The molecule has 1 unspecified atom stereocenters. The Hall–Kier alpha value is -1.10. The van der Waals surface area contributed by atoms with E-state index in [1.165, 1.54) is 0 Å². The highest BCUT2D eigenvalue weighted by atomic mass is 35.5. The molecule has 1 amide bonds. The van der Waals surface area contributed by atoms with Crippen molar-refractivity contribution in [2.75, 3.05) is 13.1 Å². The van der Waals surface area contributed by atoms with Crippen molar-refractivity contribution >= 4 is 17.5 Å². The highest BCUT2D eigenvalue weighted by Crippen LogP contribution is 2.11. The van der Waals surface area contributed by atoms with E-state index in [2.05, 4.69) is 5.32 Å². The summed E-state index contributed by atoms with van der Waals surface area (Å²) in [5.74, 6) is -0.0453. The van der Waals surface area contributed by atoms with Crippen LogP contribution in [0.5, 0.6) is 0 Å². The Morgan fingerprint density at radius 3 is 2.43 bits per heavy atom. The molecule has 1 rings (SSSR count). The Morgan fingerprint density at radius 2 is 1.95 bits per heavy atom. The maximum Gasteiger partial charge on any atom is 0.237 e. The minimum Gasteiger partial charge on any atom is -0.389 e. The Kier molecular flexibility index (Phi) is 6.65. The maximum atomic E-state index is 12.2. The van der Waals surface area contributed by atoms with Gasteiger partial charge in [-0.05, 0) is 45.0 Å². The van der Waals surface area contributed by atoms with Crippen molar-refractivity contribution in [3.63, 3.8) is 0 Å². The molecule has 0 spiro atoms. The number of rotatable bonds is 7. The van der Waals surface area contributed by atoms with Crippen LogP contribution in [0.25, 0.3) is 0 Å². The van der Waals surface area contributed by atoms with Crippen LogP contribution in [-0.2, 0) is 11.3 Å². The predicted molar refractivity (Wildman–Crippen MR) is 86.3 cm³/mol. The number of halogens is 1. The second-order valence-corrected chi connectivity index (χ2v) is 6.33. The molecule has 118 valence electrons. The van der Waals surface area contributed by atoms with E-state index < -0.39 is 5.60 Å². The lowest BCUT2D eigenvalue weighted by Gasteiger charge is -2.32. The lowest BCUT2D eigenvalue weighted by Crippen LogP contribution is -2.49. The molecule has 5 heteroatoms. The smallest absolute Gasteiger partial charge is 0.237 e. The Morgan fingerprint density at radius 1 is 1.38 bits per heavy atom. The molecular weight excluding hydrogens is 288 g/mol. The number of carbonyl (C=O) groups excluding carboxylic acids is 1. The molecule has 1 aromatic rings. The molecule has 21 heavy (non-hydrogen) atoms. The summed E-state index contributed by atoms with van der Waals surface area (Å²) in [4.78, 5) is 14.2. The maximum absolute atomic E-state index is 12.2. The third kappa shape index (κ3) is 6.46. The second-order valence-electron chi connectivity index (χ2n) is 5.90. The van der Waals surface area contributed by atoms with E-state index in [4.69, 9.17) is 11.6 Å². The molecule has 0 radical (unpaired) electrons. The molecule has 0 fully saturated rings. The normalized spacial score (nSPS) is 13.3. The number of carbonyl (C=O) groups is 1. The molecule has 0 heterocycles. The summed E-state index contributed by atoms with van der Waals surface area (Å²) in [6.45, 7) is 8.96. The SMILES string of the molecule is CCN(CC(C)(C)O)C(C)C(=O)NCc1ccc(Cl)cc1. The number of hydrogen-bond donors (Lipinski definition) is 2. The van der Waals surface area contributed by atoms with Crippen LogP contribution in [0.15, 0.2) is 24.3 Å². The summed E-state index contributed by atoms with van der Waals surface area (Å²) in [5.41, 5.74) is 0.186. The summed E-state index contributed by atoms with van der Waals surface area (Å²) in [7, 11) is 0.